The van der Waals surface area contributed by atoms with Gasteiger partial charge in [0.2, 0.25) is 20.4 Å². The molecule has 0 N–H and O–H groups in total. The van der Waals surface area contributed by atoms with Gasteiger partial charge in [0.1, 0.15) is 5.78 Å². The first-order chi connectivity index (χ1) is 26.9. The molecule has 11 rings (SSSR count). The first kappa shape index (κ1) is 32.0. The highest BCUT2D eigenvalue weighted by molar-refractivity contribution is 6.08. The van der Waals surface area contributed by atoms with Crippen LogP contribution in [-0.2, 0) is 4.79 Å². The van der Waals surface area contributed by atoms with E-state index in [4.69, 9.17) is 37.9 Å². The van der Waals surface area contributed by atoms with Crippen molar-refractivity contribution in [3.63, 3.8) is 0 Å². The van der Waals surface area contributed by atoms with Crippen molar-refractivity contribution in [2.24, 2.45) is 0 Å². The van der Waals surface area contributed by atoms with Crippen molar-refractivity contribution >= 4 is 38.7 Å². The Morgan fingerprint density at radius 1 is 0.582 bits per heavy atom. The summed E-state index contributed by atoms with van der Waals surface area (Å²) < 4.78 is 47.0. The maximum atomic E-state index is 14.9. The number of benzene rings is 6. The Hall–Kier alpha value is -6.49. The second-order valence-corrected chi connectivity index (χ2v) is 14.5. The van der Waals surface area contributed by atoms with Crippen LogP contribution in [0.25, 0.3) is 43.8 Å². The van der Waals surface area contributed by atoms with Crippen LogP contribution in [-0.4, -0.2) is 54.5 Å². The third-order valence-electron chi connectivity index (χ3n) is 11.9. The normalized spacial score (nSPS) is 17.9. The van der Waals surface area contributed by atoms with Crippen LogP contribution in [0.5, 0.6) is 46.0 Å². The zero-order valence-corrected chi connectivity index (χ0v) is 30.7. The van der Waals surface area contributed by atoms with Crippen molar-refractivity contribution in [1.29, 1.82) is 0 Å². The van der Waals surface area contributed by atoms with Crippen LogP contribution >= 0.6 is 0 Å². The highest BCUT2D eigenvalue weighted by atomic mass is 16.7. The monoisotopic (exact) mass is 736 g/mol. The van der Waals surface area contributed by atoms with Gasteiger partial charge < -0.3 is 47.7 Å². The summed E-state index contributed by atoms with van der Waals surface area (Å²) in [5, 5.41) is 4.08. The molecule has 5 aliphatic heterocycles. The maximum absolute atomic E-state index is 14.9. The van der Waals surface area contributed by atoms with Crippen LogP contribution in [0.1, 0.15) is 36.1 Å². The van der Waals surface area contributed by atoms with E-state index in [0.717, 1.165) is 77.8 Å². The molecule has 0 amide bonds. The van der Waals surface area contributed by atoms with Gasteiger partial charge in [0.05, 0.1) is 37.7 Å². The van der Waals surface area contributed by atoms with Crippen LogP contribution in [0, 0.1) is 0 Å². The number of fused-ring (bicyclic) bond motifs is 14. The average Bonchev–Trinajstić information content (AvgIpc) is 3.99. The number of Topliss-reactive ketones (excluding diaryl/α,β-unsaturated/α-hetero) is 1. The molecule has 0 spiro atoms. The number of nitrogens with zero attached hydrogens (tertiary/aromatic N) is 2. The molecule has 0 fully saturated rings. The van der Waals surface area contributed by atoms with Gasteiger partial charge in [0.25, 0.3) is 0 Å². The molecular weight excluding hydrogens is 700 g/mol. The van der Waals surface area contributed by atoms with E-state index < -0.39 is 0 Å². The Morgan fingerprint density at radius 2 is 1.07 bits per heavy atom. The Bertz CT molecular complexity index is 2660. The predicted molar refractivity (Wildman–Crippen MR) is 207 cm³/mol. The standard InChI is InChI=1S/C44H36N2O9/c1-45-31(39-25(9-11-33(48-3)43(39)49-4)27-7-5-22-13-35-37(53-19-51-35)17-29(22)41(27)45)15-24(47)16-32-40-26(10-12-34-44(40)55-21-50-34)28-8-6-23-14-36-38(54-20-52-36)18-30(23)42(28)46(32)2/h5-14,17-18,31-32H,15-16,19-21H2,1-4H3/t31-,32-/m1/s1. The number of ketones is 1. The van der Waals surface area contributed by atoms with Crippen molar-refractivity contribution in [3.05, 3.63) is 83.9 Å². The summed E-state index contributed by atoms with van der Waals surface area (Å²) in [6.07, 6.45) is 0.428. The summed E-state index contributed by atoms with van der Waals surface area (Å²) in [7, 11) is 7.39. The van der Waals surface area contributed by atoms with Crippen LogP contribution in [0.4, 0.5) is 11.4 Å². The van der Waals surface area contributed by atoms with Crippen LogP contribution in [0.15, 0.2) is 72.8 Å². The molecule has 0 radical (unpaired) electrons. The number of carbonyl (C=O) groups excluding carboxylic acids is 1. The van der Waals surface area contributed by atoms with Gasteiger partial charge in [-0.1, -0.05) is 24.3 Å². The van der Waals surface area contributed by atoms with E-state index >= 15 is 0 Å². The van der Waals surface area contributed by atoms with Gasteiger partial charge in [0.15, 0.2) is 46.0 Å². The molecule has 0 aromatic heterocycles. The molecule has 5 aliphatic rings. The summed E-state index contributed by atoms with van der Waals surface area (Å²) in [6.45, 7) is 0.501. The molecule has 0 saturated carbocycles. The molecule has 0 unspecified atom stereocenters. The number of hydrogen-bond donors (Lipinski definition) is 0. The Morgan fingerprint density at radius 3 is 1.65 bits per heavy atom. The van der Waals surface area contributed by atoms with Crippen LogP contribution < -0.4 is 47.7 Å². The van der Waals surface area contributed by atoms with E-state index in [9.17, 15) is 4.79 Å². The molecule has 0 saturated heterocycles. The molecule has 6 aromatic carbocycles. The second-order valence-electron chi connectivity index (χ2n) is 14.5. The smallest absolute Gasteiger partial charge is 0.231 e. The maximum Gasteiger partial charge on any atom is 0.231 e. The topological polar surface area (TPSA) is 97.4 Å². The number of anilines is 2. The lowest BCUT2D eigenvalue weighted by atomic mass is 9.81. The SMILES string of the molecule is COc1ccc2c(c1OC)[C@@H](CC(=O)C[C@@H]1c3c(ccc4c3OCO4)-c3ccc4cc5c(cc4c3N1C)OCO5)N(C)c1c-2ccc2cc3c(cc12)OCO3. The van der Waals surface area contributed by atoms with Gasteiger partial charge in [-0.3, -0.25) is 4.79 Å². The molecule has 11 heteroatoms. The van der Waals surface area contributed by atoms with Gasteiger partial charge in [0, 0.05) is 60.0 Å². The fourth-order valence-corrected chi connectivity index (χ4v) is 9.36. The fourth-order valence-electron chi connectivity index (χ4n) is 9.36. The van der Waals surface area contributed by atoms with E-state index in [2.05, 4.69) is 60.3 Å². The number of carbonyl (C=O) groups is 1. The van der Waals surface area contributed by atoms with Crippen LogP contribution in [0.3, 0.4) is 0 Å². The molecular formula is C44H36N2O9. The highest BCUT2D eigenvalue weighted by Gasteiger charge is 2.40. The summed E-state index contributed by atoms with van der Waals surface area (Å²) in [5.41, 5.74) is 7.97. The number of ether oxygens (including phenoxy) is 8. The van der Waals surface area contributed by atoms with E-state index in [-0.39, 0.29) is 51.1 Å². The van der Waals surface area contributed by atoms with Crippen molar-refractivity contribution in [3.8, 4) is 68.2 Å². The lowest BCUT2D eigenvalue weighted by molar-refractivity contribution is -0.119. The predicted octanol–water partition coefficient (Wildman–Crippen LogP) is 8.56. The van der Waals surface area contributed by atoms with Gasteiger partial charge in [-0.25, -0.2) is 0 Å². The Balaban J connectivity index is 1.03. The minimum atomic E-state index is -0.377. The van der Waals surface area contributed by atoms with Gasteiger partial charge in [-0.2, -0.15) is 0 Å². The molecule has 6 aromatic rings. The summed E-state index contributed by atoms with van der Waals surface area (Å²) in [6, 6.07) is 23.9. The zero-order valence-electron chi connectivity index (χ0n) is 30.7. The molecule has 2 atom stereocenters. The van der Waals surface area contributed by atoms with E-state index in [1.807, 2.05) is 36.4 Å². The Kier molecular flexibility index (Phi) is 6.84. The Labute approximate surface area is 316 Å². The van der Waals surface area contributed by atoms with Crippen molar-refractivity contribution in [2.75, 3.05) is 58.5 Å². The second kappa shape index (κ2) is 11.8. The zero-order chi connectivity index (χ0) is 37.1. The number of methoxy groups -OCH3 is 2. The number of rotatable bonds is 6. The summed E-state index contributed by atoms with van der Waals surface area (Å²) in [5.74, 6) is 5.53. The molecule has 11 nitrogen and oxygen atoms in total. The lowest BCUT2D eigenvalue weighted by Gasteiger charge is -2.41. The van der Waals surface area contributed by atoms with Gasteiger partial charge in [-0.05, 0) is 70.4 Å². The fraction of sp³-hybridized carbons (Fsp3) is 0.250. The molecule has 276 valence electrons. The largest absolute Gasteiger partial charge is 0.493 e. The lowest BCUT2D eigenvalue weighted by Crippen LogP contribution is -2.34. The van der Waals surface area contributed by atoms with Crippen molar-refractivity contribution in [1.82, 2.24) is 0 Å². The molecule has 0 bridgehead atoms. The highest BCUT2D eigenvalue weighted by Crippen LogP contribution is 2.57. The van der Waals surface area contributed by atoms with Gasteiger partial charge in [-0.15, -0.1) is 0 Å². The third kappa shape index (κ3) is 4.52. The summed E-state index contributed by atoms with van der Waals surface area (Å²) in [4.78, 5) is 19.4. The van der Waals surface area contributed by atoms with Crippen molar-refractivity contribution in [2.45, 2.75) is 24.9 Å². The molecule has 0 aliphatic carbocycles. The van der Waals surface area contributed by atoms with Crippen LogP contribution in [0.2, 0.25) is 0 Å². The average molecular weight is 737 g/mol. The number of hydrogen-bond acceptors (Lipinski definition) is 11. The molecule has 5 heterocycles. The van der Waals surface area contributed by atoms with E-state index in [1.165, 1.54) is 0 Å². The first-order valence-electron chi connectivity index (χ1n) is 18.3. The van der Waals surface area contributed by atoms with E-state index in [1.54, 1.807) is 14.2 Å². The first-order valence-corrected chi connectivity index (χ1v) is 18.3. The minimum absolute atomic E-state index is 0.0783. The quantitative estimate of drug-likeness (QED) is 0.165. The molecule has 55 heavy (non-hydrogen) atoms. The van der Waals surface area contributed by atoms with Crippen molar-refractivity contribution < 1.29 is 42.7 Å². The third-order valence-corrected chi connectivity index (χ3v) is 11.9. The van der Waals surface area contributed by atoms with Gasteiger partial charge >= 0.3 is 0 Å². The van der Waals surface area contributed by atoms with E-state index in [0.29, 0.717) is 34.5 Å². The summed E-state index contributed by atoms with van der Waals surface area (Å²) >= 11 is 0. The minimum Gasteiger partial charge on any atom is -0.493 e.